The van der Waals surface area contributed by atoms with Crippen LogP contribution in [0.15, 0.2) is 12.1 Å². The monoisotopic (exact) mass is 302 g/mol. The number of hydrogen-bond acceptors (Lipinski definition) is 3. The minimum absolute atomic E-state index is 0.128. The Labute approximate surface area is 109 Å². The van der Waals surface area contributed by atoms with Crippen molar-refractivity contribution in [1.82, 2.24) is 0 Å². The van der Waals surface area contributed by atoms with Crippen molar-refractivity contribution < 1.29 is 41.1 Å². The van der Waals surface area contributed by atoms with E-state index in [1.54, 1.807) is 0 Å². The molecule has 0 saturated carbocycles. The molecule has 0 aliphatic carbocycles. The molecule has 0 aliphatic heterocycles. The Morgan fingerprint density at radius 3 is 1.95 bits per heavy atom. The second-order valence-electron chi connectivity index (χ2n) is 3.74. The smallest absolute Gasteiger partial charge is 0.492 e. The van der Waals surface area contributed by atoms with Gasteiger partial charge in [-0.3, -0.25) is 0 Å². The minimum Gasteiger partial charge on any atom is -0.494 e. The van der Waals surface area contributed by atoms with E-state index in [0.717, 1.165) is 0 Å². The predicted molar refractivity (Wildman–Crippen MR) is 57.4 cm³/mol. The molecule has 0 heterocycles. The number of rotatable bonds is 3. The van der Waals surface area contributed by atoms with Gasteiger partial charge in [0.05, 0.1) is 17.7 Å². The SMILES string of the molecule is CCOc1c(B(O)O)cc(C(F)(F)F)cc1C(F)(F)F. The van der Waals surface area contributed by atoms with Crippen molar-refractivity contribution in [3.8, 4) is 5.75 Å². The van der Waals surface area contributed by atoms with Gasteiger partial charge >= 0.3 is 19.5 Å². The lowest BCUT2D eigenvalue weighted by atomic mass is 9.77. The molecule has 0 aromatic heterocycles. The van der Waals surface area contributed by atoms with E-state index in [0.29, 0.717) is 0 Å². The third-order valence-electron chi connectivity index (χ3n) is 2.32. The Balaban J connectivity index is 3.64. The highest BCUT2D eigenvalue weighted by Crippen LogP contribution is 2.39. The fourth-order valence-corrected chi connectivity index (χ4v) is 1.52. The van der Waals surface area contributed by atoms with Gasteiger partial charge in [0.15, 0.2) is 0 Å². The molecular formula is C10H9BF6O3. The van der Waals surface area contributed by atoms with Crippen LogP contribution < -0.4 is 10.2 Å². The second kappa shape index (κ2) is 5.53. The van der Waals surface area contributed by atoms with E-state index in [1.807, 2.05) is 0 Å². The summed E-state index contributed by atoms with van der Waals surface area (Å²) in [5, 5.41) is 17.9. The summed E-state index contributed by atoms with van der Waals surface area (Å²) in [6.07, 6.45) is -10.2. The third kappa shape index (κ3) is 3.57. The van der Waals surface area contributed by atoms with Crippen LogP contribution in [-0.4, -0.2) is 23.8 Å². The van der Waals surface area contributed by atoms with Gasteiger partial charge in [0.1, 0.15) is 5.75 Å². The van der Waals surface area contributed by atoms with Crippen LogP contribution in [0.4, 0.5) is 26.3 Å². The van der Waals surface area contributed by atoms with Crippen LogP contribution >= 0.6 is 0 Å². The summed E-state index contributed by atoms with van der Waals surface area (Å²) >= 11 is 0. The first kappa shape index (κ1) is 16.6. The maximum Gasteiger partial charge on any atom is 0.492 e. The topological polar surface area (TPSA) is 49.7 Å². The molecule has 0 aliphatic rings. The minimum atomic E-state index is -5.13. The quantitative estimate of drug-likeness (QED) is 0.661. The molecule has 0 bridgehead atoms. The van der Waals surface area contributed by atoms with Crippen LogP contribution in [0, 0.1) is 0 Å². The van der Waals surface area contributed by atoms with E-state index in [1.165, 1.54) is 6.92 Å². The molecule has 0 radical (unpaired) electrons. The molecule has 1 rings (SSSR count). The highest BCUT2D eigenvalue weighted by atomic mass is 19.4. The molecule has 3 nitrogen and oxygen atoms in total. The van der Waals surface area contributed by atoms with Crippen LogP contribution in [0.2, 0.25) is 0 Å². The highest BCUT2D eigenvalue weighted by Gasteiger charge is 2.41. The Morgan fingerprint density at radius 2 is 1.60 bits per heavy atom. The Bertz CT molecular complexity index is 483. The zero-order chi connectivity index (χ0) is 15.7. The van der Waals surface area contributed by atoms with Crippen molar-refractivity contribution in [3.05, 3.63) is 23.3 Å². The van der Waals surface area contributed by atoms with E-state index in [-0.39, 0.29) is 18.7 Å². The van der Waals surface area contributed by atoms with Crippen LogP contribution in [0.1, 0.15) is 18.1 Å². The first-order valence-electron chi connectivity index (χ1n) is 5.29. The number of halogens is 6. The number of alkyl halides is 6. The lowest BCUT2D eigenvalue weighted by Gasteiger charge is -2.19. The summed E-state index contributed by atoms with van der Waals surface area (Å²) in [5.74, 6) is -1.03. The summed E-state index contributed by atoms with van der Waals surface area (Å²) in [6, 6.07) is 0.0851. The zero-order valence-electron chi connectivity index (χ0n) is 10.0. The normalized spacial score (nSPS) is 12.4. The Hall–Kier alpha value is -1.42. The number of benzene rings is 1. The van der Waals surface area contributed by atoms with Gasteiger partial charge in [0.2, 0.25) is 0 Å². The maximum absolute atomic E-state index is 12.8. The van der Waals surface area contributed by atoms with Gasteiger partial charge in [0, 0.05) is 5.46 Å². The lowest BCUT2D eigenvalue weighted by Crippen LogP contribution is -2.34. The fourth-order valence-electron chi connectivity index (χ4n) is 1.52. The van der Waals surface area contributed by atoms with Crippen molar-refractivity contribution >= 4 is 12.6 Å². The van der Waals surface area contributed by atoms with E-state index in [2.05, 4.69) is 4.74 Å². The molecule has 0 amide bonds. The van der Waals surface area contributed by atoms with E-state index >= 15 is 0 Å². The molecule has 1 aromatic rings. The largest absolute Gasteiger partial charge is 0.494 e. The molecule has 20 heavy (non-hydrogen) atoms. The molecule has 10 heteroatoms. The van der Waals surface area contributed by atoms with Gasteiger partial charge in [0.25, 0.3) is 0 Å². The van der Waals surface area contributed by atoms with Crippen molar-refractivity contribution in [2.45, 2.75) is 19.3 Å². The molecule has 1 aromatic carbocycles. The molecule has 0 unspecified atom stereocenters. The van der Waals surface area contributed by atoms with Gasteiger partial charge < -0.3 is 14.8 Å². The highest BCUT2D eigenvalue weighted by molar-refractivity contribution is 6.59. The number of ether oxygens (including phenoxy) is 1. The standard InChI is InChI=1S/C10H9BF6O3/c1-2-20-8-6(10(15,16)17)3-5(9(12,13)14)4-7(8)11(18)19/h3-4,18-19H,2H2,1H3. The average molecular weight is 302 g/mol. The van der Waals surface area contributed by atoms with Crippen molar-refractivity contribution in [2.24, 2.45) is 0 Å². The van der Waals surface area contributed by atoms with E-state index in [4.69, 9.17) is 10.0 Å². The van der Waals surface area contributed by atoms with Gasteiger partial charge in [-0.05, 0) is 19.1 Å². The summed E-state index contributed by atoms with van der Waals surface area (Å²) in [5.41, 5.74) is -4.34. The fraction of sp³-hybridized carbons (Fsp3) is 0.400. The third-order valence-corrected chi connectivity index (χ3v) is 2.32. The lowest BCUT2D eigenvalue weighted by molar-refractivity contribution is -0.143. The average Bonchev–Trinajstić information content (AvgIpc) is 2.26. The molecule has 0 atom stereocenters. The van der Waals surface area contributed by atoms with Gasteiger partial charge in [-0.1, -0.05) is 0 Å². The summed E-state index contributed by atoms with van der Waals surface area (Å²) in [7, 11) is -2.53. The van der Waals surface area contributed by atoms with Crippen molar-refractivity contribution in [1.29, 1.82) is 0 Å². The molecular weight excluding hydrogens is 293 g/mol. The van der Waals surface area contributed by atoms with Crippen LogP contribution in [-0.2, 0) is 12.4 Å². The molecule has 112 valence electrons. The van der Waals surface area contributed by atoms with E-state index in [9.17, 15) is 26.3 Å². The summed E-state index contributed by atoms with van der Waals surface area (Å²) in [6.45, 7) is 1.03. The maximum atomic E-state index is 12.8. The van der Waals surface area contributed by atoms with Crippen LogP contribution in [0.5, 0.6) is 5.75 Å². The first-order valence-corrected chi connectivity index (χ1v) is 5.29. The molecule has 0 spiro atoms. The van der Waals surface area contributed by atoms with Crippen LogP contribution in [0.25, 0.3) is 0 Å². The van der Waals surface area contributed by atoms with Crippen molar-refractivity contribution in [3.63, 3.8) is 0 Å². The van der Waals surface area contributed by atoms with Crippen LogP contribution in [0.3, 0.4) is 0 Å². The summed E-state index contributed by atoms with van der Waals surface area (Å²) < 4.78 is 80.6. The Morgan fingerprint density at radius 1 is 1.05 bits per heavy atom. The molecule has 0 fully saturated rings. The predicted octanol–water partition coefficient (Wildman–Crippen LogP) is 1.80. The van der Waals surface area contributed by atoms with Gasteiger partial charge in [-0.25, -0.2) is 0 Å². The molecule has 0 saturated heterocycles. The van der Waals surface area contributed by atoms with Crippen molar-refractivity contribution in [2.75, 3.05) is 6.61 Å². The number of hydrogen-bond donors (Lipinski definition) is 2. The Kier molecular flexibility index (Phi) is 4.60. The zero-order valence-corrected chi connectivity index (χ0v) is 10.0. The van der Waals surface area contributed by atoms with Gasteiger partial charge in [-0.15, -0.1) is 0 Å². The second-order valence-corrected chi connectivity index (χ2v) is 3.74. The molecule has 2 N–H and O–H groups in total. The summed E-state index contributed by atoms with van der Waals surface area (Å²) in [4.78, 5) is 0. The first-order chi connectivity index (χ1) is 8.98. The van der Waals surface area contributed by atoms with Gasteiger partial charge in [-0.2, -0.15) is 26.3 Å². The van der Waals surface area contributed by atoms with E-state index < -0.39 is 41.8 Å².